The van der Waals surface area contributed by atoms with Gasteiger partial charge in [-0.15, -0.1) is 0 Å². The highest BCUT2D eigenvalue weighted by molar-refractivity contribution is 7.80. The fraction of sp³-hybridized carbons (Fsp3) is 1.00. The normalized spacial score (nSPS) is 21.3. The minimum Gasteiger partial charge on any atom is -0.307 e. The Labute approximate surface area is 69.0 Å². The molecule has 0 bridgehead atoms. The van der Waals surface area contributed by atoms with Crippen LogP contribution in [-0.2, 0) is 0 Å². The quantitative estimate of drug-likeness (QED) is 0.664. The van der Waals surface area contributed by atoms with Gasteiger partial charge in [0.15, 0.2) is 0 Å². The molecule has 1 aliphatic rings. The molecule has 1 nitrogen and oxygen atoms in total. The second kappa shape index (κ2) is 5.03. The zero-order valence-electron chi connectivity index (χ0n) is 6.44. The molecule has 0 amide bonds. The summed E-state index contributed by atoms with van der Waals surface area (Å²) >= 11 is 4.81. The summed E-state index contributed by atoms with van der Waals surface area (Å²) in [6.07, 6.45) is 7.16. The molecule has 0 atom stereocenters. The summed E-state index contributed by atoms with van der Waals surface area (Å²) in [7, 11) is 0. The lowest BCUT2D eigenvalue weighted by atomic mass is 9.89. The molecule has 1 fully saturated rings. The van der Waals surface area contributed by atoms with Gasteiger partial charge < -0.3 is 5.32 Å². The molecule has 1 N–H and O–H groups in total. The van der Waals surface area contributed by atoms with Gasteiger partial charge in [-0.25, -0.2) is 0 Å². The molecule has 0 saturated heterocycles. The molecule has 59 valence electrons. The zero-order valence-corrected chi connectivity index (χ0v) is 7.25. The second-order valence-corrected chi connectivity index (χ2v) is 3.39. The molecular formula is C8H16NS. The van der Waals surface area contributed by atoms with E-state index < -0.39 is 0 Å². The van der Waals surface area contributed by atoms with Crippen LogP contribution in [0.2, 0.25) is 0 Å². The summed E-state index contributed by atoms with van der Waals surface area (Å²) in [6, 6.07) is 0. The predicted octanol–water partition coefficient (Wildman–Crippen LogP) is 2.31. The van der Waals surface area contributed by atoms with E-state index in [1.165, 1.54) is 32.1 Å². The van der Waals surface area contributed by atoms with E-state index in [9.17, 15) is 0 Å². The molecule has 1 radical (unpaired) electrons. The molecule has 1 saturated carbocycles. The van der Waals surface area contributed by atoms with Crippen LogP contribution in [0.3, 0.4) is 0 Å². The van der Waals surface area contributed by atoms with Crippen molar-refractivity contribution < 1.29 is 0 Å². The number of hydrogen-bond donors (Lipinski definition) is 1. The zero-order chi connectivity index (χ0) is 7.23. The fourth-order valence-electron chi connectivity index (χ4n) is 1.65. The Kier molecular flexibility index (Phi) is 4.23. The van der Waals surface area contributed by atoms with Crippen LogP contribution in [0.15, 0.2) is 0 Å². The molecule has 1 aliphatic carbocycles. The van der Waals surface area contributed by atoms with Crippen molar-refractivity contribution in [1.82, 2.24) is 5.32 Å². The number of hydrogen-bond acceptors (Lipinski definition) is 1. The first-order valence-corrected chi connectivity index (χ1v) is 4.80. The minimum absolute atomic E-state index is 0.719. The predicted molar refractivity (Wildman–Crippen MR) is 47.0 cm³/mol. The molecule has 0 aromatic rings. The third kappa shape index (κ3) is 2.93. The van der Waals surface area contributed by atoms with Crippen molar-refractivity contribution >= 4 is 12.6 Å². The summed E-state index contributed by atoms with van der Waals surface area (Å²) < 4.78 is 0. The molecule has 0 heterocycles. The van der Waals surface area contributed by atoms with Crippen LogP contribution in [0.1, 0.15) is 32.1 Å². The van der Waals surface area contributed by atoms with Gasteiger partial charge in [0.1, 0.15) is 0 Å². The van der Waals surface area contributed by atoms with Crippen molar-refractivity contribution in [2.75, 3.05) is 12.4 Å². The number of rotatable bonds is 3. The monoisotopic (exact) mass is 158 g/mol. The molecule has 0 aromatic carbocycles. The molecule has 0 aliphatic heterocycles. The van der Waals surface area contributed by atoms with Crippen LogP contribution in [-0.4, -0.2) is 12.4 Å². The van der Waals surface area contributed by atoms with Crippen molar-refractivity contribution in [3.63, 3.8) is 0 Å². The Hall–Kier alpha value is 0.310. The Balaban J connectivity index is 2.02. The van der Waals surface area contributed by atoms with Crippen LogP contribution >= 0.6 is 12.6 Å². The van der Waals surface area contributed by atoms with Gasteiger partial charge in [-0.2, -0.15) is 0 Å². The lowest BCUT2D eigenvalue weighted by Crippen LogP contribution is -2.23. The van der Waals surface area contributed by atoms with E-state index in [0.717, 1.165) is 18.3 Å². The summed E-state index contributed by atoms with van der Waals surface area (Å²) in [6.45, 7) is 1.16. The lowest BCUT2D eigenvalue weighted by Gasteiger charge is -2.21. The summed E-state index contributed by atoms with van der Waals surface area (Å²) in [5, 5.41) is 3.23. The van der Waals surface area contributed by atoms with Gasteiger partial charge >= 0.3 is 0 Å². The Morgan fingerprint density at radius 3 is 2.50 bits per heavy atom. The van der Waals surface area contributed by atoms with Gasteiger partial charge in [0.05, 0.1) is 5.88 Å². The molecule has 10 heavy (non-hydrogen) atoms. The first-order valence-electron chi connectivity index (χ1n) is 4.22. The standard InChI is InChI=1S/C8H16NS/c10-7-9-6-8-4-2-1-3-5-8/h8-9H,1-7H2. The summed E-state index contributed by atoms with van der Waals surface area (Å²) in [5.41, 5.74) is 0. The Morgan fingerprint density at radius 2 is 1.90 bits per heavy atom. The largest absolute Gasteiger partial charge is 0.307 e. The van der Waals surface area contributed by atoms with E-state index in [2.05, 4.69) is 5.32 Å². The number of nitrogens with one attached hydrogen (secondary N) is 1. The van der Waals surface area contributed by atoms with Gasteiger partial charge in [0, 0.05) is 0 Å². The van der Waals surface area contributed by atoms with Crippen LogP contribution < -0.4 is 5.32 Å². The first kappa shape index (κ1) is 8.41. The van der Waals surface area contributed by atoms with E-state index in [-0.39, 0.29) is 0 Å². The highest BCUT2D eigenvalue weighted by Gasteiger charge is 2.11. The third-order valence-electron chi connectivity index (χ3n) is 2.26. The van der Waals surface area contributed by atoms with E-state index in [1.54, 1.807) is 0 Å². The van der Waals surface area contributed by atoms with Gasteiger partial charge in [-0.05, 0) is 25.3 Å². The highest BCUT2D eigenvalue weighted by Crippen LogP contribution is 2.22. The fourth-order valence-corrected chi connectivity index (χ4v) is 1.77. The Bertz CT molecular complexity index is 79.3. The van der Waals surface area contributed by atoms with Gasteiger partial charge in [0.25, 0.3) is 0 Å². The van der Waals surface area contributed by atoms with E-state index >= 15 is 0 Å². The van der Waals surface area contributed by atoms with Crippen molar-refractivity contribution in [2.24, 2.45) is 5.92 Å². The van der Waals surface area contributed by atoms with Crippen molar-refractivity contribution in [1.29, 1.82) is 0 Å². The van der Waals surface area contributed by atoms with Crippen LogP contribution in [0.25, 0.3) is 0 Å². The lowest BCUT2D eigenvalue weighted by molar-refractivity contribution is 0.349. The van der Waals surface area contributed by atoms with Crippen LogP contribution in [0, 0.1) is 5.92 Å². The molecule has 2 heteroatoms. The SMILES string of the molecule is [S]CNCC1CCCCC1. The molecular weight excluding hydrogens is 142 g/mol. The first-order chi connectivity index (χ1) is 4.93. The van der Waals surface area contributed by atoms with Gasteiger partial charge in [0.2, 0.25) is 0 Å². The van der Waals surface area contributed by atoms with Gasteiger partial charge in [-0.3, -0.25) is 0 Å². The molecule has 1 rings (SSSR count). The maximum Gasteiger partial charge on any atom is 0.0523 e. The van der Waals surface area contributed by atoms with E-state index in [4.69, 9.17) is 12.6 Å². The topological polar surface area (TPSA) is 12.0 Å². The summed E-state index contributed by atoms with van der Waals surface area (Å²) in [5.74, 6) is 1.65. The highest BCUT2D eigenvalue weighted by atomic mass is 32.1. The smallest absolute Gasteiger partial charge is 0.0523 e. The van der Waals surface area contributed by atoms with Crippen molar-refractivity contribution in [3.8, 4) is 0 Å². The van der Waals surface area contributed by atoms with Gasteiger partial charge in [-0.1, -0.05) is 31.9 Å². The maximum absolute atomic E-state index is 4.81. The average molecular weight is 158 g/mol. The third-order valence-corrected chi connectivity index (χ3v) is 2.46. The summed E-state index contributed by atoms with van der Waals surface area (Å²) in [4.78, 5) is 0. The maximum atomic E-state index is 4.81. The molecule has 0 unspecified atom stereocenters. The van der Waals surface area contributed by atoms with Crippen LogP contribution in [0.5, 0.6) is 0 Å². The van der Waals surface area contributed by atoms with E-state index in [0.29, 0.717) is 0 Å². The Morgan fingerprint density at radius 1 is 1.20 bits per heavy atom. The average Bonchev–Trinajstić information content (AvgIpc) is 2.03. The minimum atomic E-state index is 0.719. The van der Waals surface area contributed by atoms with Crippen molar-refractivity contribution in [3.05, 3.63) is 0 Å². The molecule has 0 aromatic heterocycles. The van der Waals surface area contributed by atoms with E-state index in [1.807, 2.05) is 0 Å². The van der Waals surface area contributed by atoms with Crippen molar-refractivity contribution in [2.45, 2.75) is 32.1 Å². The second-order valence-electron chi connectivity index (χ2n) is 3.10. The molecule has 0 spiro atoms. The van der Waals surface area contributed by atoms with Crippen LogP contribution in [0.4, 0.5) is 0 Å².